The molecular formula is C18H22ClNO3S. The number of benzene rings is 1. The van der Waals surface area contributed by atoms with Crippen molar-refractivity contribution in [2.75, 3.05) is 12.9 Å². The molecule has 0 saturated heterocycles. The van der Waals surface area contributed by atoms with E-state index in [0.717, 1.165) is 24.5 Å². The molecule has 1 aliphatic carbocycles. The van der Waals surface area contributed by atoms with Crippen LogP contribution in [-0.4, -0.2) is 26.3 Å². The second-order valence-corrected chi connectivity index (χ2v) is 9.01. The summed E-state index contributed by atoms with van der Waals surface area (Å²) in [6, 6.07) is 6.31. The molecule has 1 aliphatic rings. The van der Waals surface area contributed by atoms with Crippen molar-refractivity contribution in [2.45, 2.75) is 38.5 Å². The zero-order chi connectivity index (χ0) is 17.5. The van der Waals surface area contributed by atoms with Crippen molar-refractivity contribution in [3.05, 3.63) is 40.7 Å². The summed E-state index contributed by atoms with van der Waals surface area (Å²) in [6.07, 6.45) is 4.83. The minimum Gasteiger partial charge on any atom is -0.270 e. The van der Waals surface area contributed by atoms with Crippen molar-refractivity contribution in [2.24, 2.45) is 5.92 Å². The van der Waals surface area contributed by atoms with Crippen molar-refractivity contribution < 1.29 is 12.6 Å². The first-order valence-corrected chi connectivity index (χ1v) is 10.4. The molecule has 0 unspecified atom stereocenters. The number of hydrogen-bond donors (Lipinski definition) is 0. The third kappa shape index (κ3) is 3.73. The average Bonchev–Trinajstić information content (AvgIpc) is 2.43. The van der Waals surface area contributed by atoms with Crippen molar-refractivity contribution in [1.29, 1.82) is 0 Å². The van der Waals surface area contributed by atoms with E-state index < -0.39 is 10.1 Å². The van der Waals surface area contributed by atoms with E-state index in [4.69, 9.17) is 15.8 Å². The van der Waals surface area contributed by atoms with E-state index in [2.05, 4.69) is 31.0 Å². The molecule has 1 aromatic carbocycles. The van der Waals surface area contributed by atoms with Gasteiger partial charge in [0, 0.05) is 11.6 Å². The van der Waals surface area contributed by atoms with Crippen LogP contribution in [0.5, 0.6) is 0 Å². The molecule has 130 valence electrons. The monoisotopic (exact) mass is 367 g/mol. The van der Waals surface area contributed by atoms with Crippen LogP contribution >= 0.6 is 11.6 Å². The van der Waals surface area contributed by atoms with Gasteiger partial charge in [0.05, 0.1) is 12.9 Å². The van der Waals surface area contributed by atoms with Crippen molar-refractivity contribution in [1.82, 2.24) is 4.98 Å². The fraction of sp³-hybridized carbons (Fsp3) is 0.500. The largest absolute Gasteiger partial charge is 0.270 e. The minimum absolute atomic E-state index is 0.279. The molecule has 1 aromatic heterocycles. The maximum absolute atomic E-state index is 11.1. The molecule has 0 aliphatic heterocycles. The van der Waals surface area contributed by atoms with E-state index in [1.165, 1.54) is 16.5 Å². The summed E-state index contributed by atoms with van der Waals surface area (Å²) in [7, 11) is -3.36. The van der Waals surface area contributed by atoms with Crippen molar-refractivity contribution in [3.63, 3.8) is 0 Å². The molecule has 24 heavy (non-hydrogen) atoms. The van der Waals surface area contributed by atoms with Crippen LogP contribution in [0.15, 0.2) is 24.4 Å². The van der Waals surface area contributed by atoms with Gasteiger partial charge < -0.3 is 0 Å². The van der Waals surface area contributed by atoms with Crippen LogP contribution in [0, 0.1) is 5.92 Å². The lowest BCUT2D eigenvalue weighted by Gasteiger charge is -2.36. The molecule has 3 rings (SSSR count). The van der Waals surface area contributed by atoms with Crippen LogP contribution in [0.1, 0.15) is 49.7 Å². The molecule has 0 radical (unpaired) electrons. The number of fused-ring (bicyclic) bond motifs is 1. The highest BCUT2D eigenvalue weighted by Crippen LogP contribution is 2.45. The fourth-order valence-corrected chi connectivity index (χ4v) is 4.06. The van der Waals surface area contributed by atoms with E-state index in [1.54, 1.807) is 0 Å². The van der Waals surface area contributed by atoms with Crippen LogP contribution in [0.4, 0.5) is 0 Å². The van der Waals surface area contributed by atoms with Gasteiger partial charge in [0.25, 0.3) is 10.1 Å². The minimum atomic E-state index is -3.36. The topological polar surface area (TPSA) is 56.3 Å². The van der Waals surface area contributed by atoms with Gasteiger partial charge in [-0.2, -0.15) is 8.42 Å². The van der Waals surface area contributed by atoms with Crippen LogP contribution in [0.2, 0.25) is 5.15 Å². The van der Waals surface area contributed by atoms with Crippen molar-refractivity contribution >= 4 is 32.5 Å². The van der Waals surface area contributed by atoms with Crippen LogP contribution in [-0.2, 0) is 14.3 Å². The van der Waals surface area contributed by atoms with Gasteiger partial charge in [0.15, 0.2) is 0 Å². The lowest BCUT2D eigenvalue weighted by Crippen LogP contribution is -2.27. The maximum atomic E-state index is 11.1. The number of rotatable bonds is 5. The Morgan fingerprint density at radius 1 is 1.29 bits per heavy atom. The normalized spacial score (nSPS) is 21.2. The summed E-state index contributed by atoms with van der Waals surface area (Å²) >= 11 is 6.10. The van der Waals surface area contributed by atoms with Gasteiger partial charge in [-0.1, -0.05) is 37.6 Å². The quantitative estimate of drug-likeness (QED) is 0.577. The Balaban J connectivity index is 1.83. The average molecular weight is 368 g/mol. The van der Waals surface area contributed by atoms with Gasteiger partial charge in [-0.15, -0.1) is 0 Å². The van der Waals surface area contributed by atoms with E-state index >= 15 is 0 Å². The van der Waals surface area contributed by atoms with E-state index in [-0.39, 0.29) is 6.61 Å². The molecule has 4 nitrogen and oxygen atoms in total. The molecule has 0 spiro atoms. The zero-order valence-electron chi connectivity index (χ0n) is 14.1. The SMILES string of the molecule is CC(C)c1ccc(C2CC(COS(C)(=O)=O)C2)c2cnc(Cl)cc12. The summed E-state index contributed by atoms with van der Waals surface area (Å²) in [5.74, 6) is 1.13. The van der Waals surface area contributed by atoms with E-state index in [0.29, 0.717) is 22.9 Å². The Hall–Kier alpha value is -1.17. The Kier molecular flexibility index (Phi) is 4.87. The summed E-state index contributed by atoms with van der Waals surface area (Å²) < 4.78 is 27.1. The first-order chi connectivity index (χ1) is 11.2. The predicted octanol–water partition coefficient (Wildman–Crippen LogP) is 4.48. The third-order valence-electron chi connectivity index (χ3n) is 4.75. The molecule has 0 amide bonds. The number of pyridine rings is 1. The zero-order valence-corrected chi connectivity index (χ0v) is 15.7. The molecule has 0 N–H and O–H groups in total. The Labute approximate surface area is 148 Å². The van der Waals surface area contributed by atoms with Crippen LogP contribution in [0.25, 0.3) is 10.8 Å². The van der Waals surface area contributed by atoms with Crippen LogP contribution in [0.3, 0.4) is 0 Å². The smallest absolute Gasteiger partial charge is 0.264 e. The molecule has 1 saturated carbocycles. The lowest BCUT2D eigenvalue weighted by molar-refractivity contribution is 0.164. The molecule has 2 aromatic rings. The molecular weight excluding hydrogens is 346 g/mol. The first-order valence-electron chi connectivity index (χ1n) is 8.17. The van der Waals surface area contributed by atoms with Gasteiger partial charge >= 0.3 is 0 Å². The van der Waals surface area contributed by atoms with E-state index in [9.17, 15) is 8.42 Å². The second kappa shape index (κ2) is 6.62. The maximum Gasteiger partial charge on any atom is 0.264 e. The van der Waals surface area contributed by atoms with Crippen molar-refractivity contribution in [3.8, 4) is 0 Å². The van der Waals surface area contributed by atoms with Crippen LogP contribution < -0.4 is 0 Å². The lowest BCUT2D eigenvalue weighted by atomic mass is 9.70. The molecule has 0 atom stereocenters. The number of hydrogen-bond acceptors (Lipinski definition) is 4. The summed E-state index contributed by atoms with van der Waals surface area (Å²) in [5.41, 5.74) is 2.54. The van der Waals surface area contributed by atoms with Gasteiger partial charge in [-0.25, -0.2) is 4.98 Å². The molecule has 1 heterocycles. The fourth-order valence-electron chi connectivity index (χ4n) is 3.46. The highest BCUT2D eigenvalue weighted by Gasteiger charge is 2.32. The highest BCUT2D eigenvalue weighted by atomic mass is 35.5. The number of halogens is 1. The number of aromatic nitrogens is 1. The van der Waals surface area contributed by atoms with Gasteiger partial charge in [-0.3, -0.25) is 4.18 Å². The van der Waals surface area contributed by atoms with Gasteiger partial charge in [0.2, 0.25) is 0 Å². The Bertz CT molecular complexity index is 858. The first kappa shape index (κ1) is 17.6. The number of nitrogens with zero attached hydrogens (tertiary/aromatic N) is 1. The summed E-state index contributed by atoms with van der Waals surface area (Å²) in [6.45, 7) is 4.62. The molecule has 6 heteroatoms. The van der Waals surface area contributed by atoms with Gasteiger partial charge in [-0.05, 0) is 53.2 Å². The summed E-state index contributed by atoms with van der Waals surface area (Å²) in [5, 5.41) is 2.83. The summed E-state index contributed by atoms with van der Waals surface area (Å²) in [4.78, 5) is 4.26. The standard InChI is InChI=1S/C18H22ClNO3S/c1-11(2)14-4-5-15(17-9-20-18(19)8-16(14)17)13-6-12(7-13)10-23-24(3,21)22/h4-5,8-9,11-13H,6-7,10H2,1-3H3. The third-order valence-corrected chi connectivity index (χ3v) is 5.52. The molecule has 1 fully saturated rings. The second-order valence-electron chi connectivity index (χ2n) is 6.97. The highest BCUT2D eigenvalue weighted by molar-refractivity contribution is 7.85. The predicted molar refractivity (Wildman–Crippen MR) is 97.1 cm³/mol. The van der Waals surface area contributed by atoms with E-state index in [1.807, 2.05) is 12.3 Å². The molecule has 0 bridgehead atoms. The van der Waals surface area contributed by atoms with Gasteiger partial charge in [0.1, 0.15) is 5.15 Å². The Morgan fingerprint density at radius 3 is 2.62 bits per heavy atom. The Morgan fingerprint density at radius 2 is 2.00 bits per heavy atom.